The van der Waals surface area contributed by atoms with Gasteiger partial charge in [-0.3, -0.25) is 0 Å². The Bertz CT molecular complexity index is 431. The van der Waals surface area contributed by atoms with Crippen LogP contribution in [0.25, 0.3) is 5.52 Å². The van der Waals surface area contributed by atoms with E-state index in [1.54, 1.807) is 6.20 Å². The molecule has 0 aliphatic rings. The maximum atomic E-state index is 5.94. The third-order valence-corrected chi connectivity index (χ3v) is 2.30. The number of aryl methyl sites for hydroxylation is 2. The van der Waals surface area contributed by atoms with Gasteiger partial charge in [0.25, 0.3) is 0 Å². The Kier molecular flexibility index (Phi) is 1.58. The number of hydrogen-bond donors (Lipinski definition) is 0. The lowest BCUT2D eigenvalue weighted by Gasteiger charge is -1.98. The Morgan fingerprint density at radius 3 is 2.83 bits per heavy atom. The summed E-state index contributed by atoms with van der Waals surface area (Å²) in [6.45, 7) is 4.09. The molecule has 2 aromatic rings. The number of nitrogens with zero attached hydrogens (tertiary/aromatic N) is 2. The second-order valence-electron chi connectivity index (χ2n) is 2.91. The molecule has 62 valence electrons. The molecule has 3 heteroatoms. The summed E-state index contributed by atoms with van der Waals surface area (Å²) in [6, 6.07) is 2.10. The third kappa shape index (κ3) is 0.916. The highest BCUT2D eigenvalue weighted by Crippen LogP contribution is 2.21. The second kappa shape index (κ2) is 2.49. The van der Waals surface area contributed by atoms with Crippen molar-refractivity contribution in [2.45, 2.75) is 13.8 Å². The normalized spacial score (nSPS) is 10.9. The van der Waals surface area contributed by atoms with Gasteiger partial charge in [0, 0.05) is 18.1 Å². The SMILES string of the molecule is Cc1cc(C)n2ccnc(Cl)c12. The second-order valence-corrected chi connectivity index (χ2v) is 3.26. The van der Waals surface area contributed by atoms with Crippen LogP contribution in [0.1, 0.15) is 11.3 Å². The Morgan fingerprint density at radius 2 is 2.17 bits per heavy atom. The molecule has 0 aliphatic carbocycles. The van der Waals surface area contributed by atoms with Crippen molar-refractivity contribution in [1.29, 1.82) is 0 Å². The monoisotopic (exact) mass is 180 g/mol. The molecule has 0 bridgehead atoms. The van der Waals surface area contributed by atoms with Crippen LogP contribution in [-0.4, -0.2) is 9.38 Å². The highest BCUT2D eigenvalue weighted by molar-refractivity contribution is 6.32. The summed E-state index contributed by atoms with van der Waals surface area (Å²) in [5.41, 5.74) is 3.37. The van der Waals surface area contributed by atoms with E-state index >= 15 is 0 Å². The maximum Gasteiger partial charge on any atom is 0.153 e. The number of fused-ring (bicyclic) bond motifs is 1. The number of aromatic nitrogens is 2. The fraction of sp³-hybridized carbons (Fsp3) is 0.222. The van der Waals surface area contributed by atoms with Crippen LogP contribution in [0, 0.1) is 13.8 Å². The average molecular weight is 181 g/mol. The van der Waals surface area contributed by atoms with Crippen LogP contribution in [0.5, 0.6) is 0 Å². The van der Waals surface area contributed by atoms with E-state index in [0.29, 0.717) is 5.15 Å². The molecule has 0 saturated carbocycles. The molecule has 12 heavy (non-hydrogen) atoms. The molecule has 0 unspecified atom stereocenters. The van der Waals surface area contributed by atoms with Gasteiger partial charge in [-0.2, -0.15) is 0 Å². The summed E-state index contributed by atoms with van der Waals surface area (Å²) in [5, 5.41) is 0.572. The van der Waals surface area contributed by atoms with Crippen molar-refractivity contribution in [3.63, 3.8) is 0 Å². The molecule has 2 heterocycles. The zero-order valence-corrected chi connectivity index (χ0v) is 7.76. The Hall–Kier alpha value is -1.02. The van der Waals surface area contributed by atoms with E-state index in [0.717, 1.165) is 5.52 Å². The molecule has 0 aromatic carbocycles. The van der Waals surface area contributed by atoms with Gasteiger partial charge < -0.3 is 4.40 Å². The molecular weight excluding hydrogens is 172 g/mol. The van der Waals surface area contributed by atoms with Gasteiger partial charge in [-0.1, -0.05) is 11.6 Å². The molecule has 0 aliphatic heterocycles. The first-order valence-corrected chi connectivity index (χ1v) is 4.16. The van der Waals surface area contributed by atoms with Crippen molar-refractivity contribution >= 4 is 17.1 Å². The van der Waals surface area contributed by atoms with Crippen LogP contribution in [0.4, 0.5) is 0 Å². The summed E-state index contributed by atoms with van der Waals surface area (Å²) in [7, 11) is 0. The van der Waals surface area contributed by atoms with Crippen LogP contribution in [0.3, 0.4) is 0 Å². The van der Waals surface area contributed by atoms with Gasteiger partial charge in [0.2, 0.25) is 0 Å². The summed E-state index contributed by atoms with van der Waals surface area (Å²) >= 11 is 5.94. The van der Waals surface area contributed by atoms with E-state index in [4.69, 9.17) is 11.6 Å². The van der Waals surface area contributed by atoms with E-state index < -0.39 is 0 Å². The van der Waals surface area contributed by atoms with Crippen LogP contribution in [0.2, 0.25) is 5.15 Å². The van der Waals surface area contributed by atoms with Crippen LogP contribution >= 0.6 is 11.6 Å². The first-order chi connectivity index (χ1) is 5.70. The van der Waals surface area contributed by atoms with Gasteiger partial charge >= 0.3 is 0 Å². The van der Waals surface area contributed by atoms with Crippen molar-refractivity contribution < 1.29 is 0 Å². The van der Waals surface area contributed by atoms with Gasteiger partial charge in [-0.15, -0.1) is 0 Å². The maximum absolute atomic E-state index is 5.94. The summed E-state index contributed by atoms with van der Waals surface area (Å²) in [4.78, 5) is 4.03. The zero-order chi connectivity index (χ0) is 8.72. The average Bonchev–Trinajstić information content (AvgIpc) is 2.29. The van der Waals surface area contributed by atoms with Crippen LogP contribution in [-0.2, 0) is 0 Å². The Labute approximate surface area is 75.8 Å². The van der Waals surface area contributed by atoms with Crippen molar-refractivity contribution in [3.05, 3.63) is 34.9 Å². The third-order valence-electron chi connectivity index (χ3n) is 2.02. The van der Waals surface area contributed by atoms with Gasteiger partial charge in [-0.25, -0.2) is 4.98 Å². The standard InChI is InChI=1S/C9H9ClN2/c1-6-5-7(2)12-4-3-11-9(10)8(6)12/h3-5H,1-2H3. The predicted octanol–water partition coefficient (Wildman–Crippen LogP) is 2.60. The van der Waals surface area contributed by atoms with Crippen molar-refractivity contribution in [1.82, 2.24) is 9.38 Å². The van der Waals surface area contributed by atoms with Gasteiger partial charge in [0.1, 0.15) is 0 Å². The van der Waals surface area contributed by atoms with E-state index in [2.05, 4.69) is 18.0 Å². The molecule has 2 rings (SSSR count). The highest BCUT2D eigenvalue weighted by atomic mass is 35.5. The van der Waals surface area contributed by atoms with E-state index in [9.17, 15) is 0 Å². The highest BCUT2D eigenvalue weighted by Gasteiger charge is 2.05. The minimum atomic E-state index is 0.572. The molecule has 0 saturated heterocycles. The largest absolute Gasteiger partial charge is 0.317 e. The van der Waals surface area contributed by atoms with Crippen molar-refractivity contribution in [3.8, 4) is 0 Å². The zero-order valence-electron chi connectivity index (χ0n) is 7.00. The minimum Gasteiger partial charge on any atom is -0.317 e. The Balaban J connectivity index is 2.99. The van der Waals surface area contributed by atoms with Gasteiger partial charge in [0.05, 0.1) is 5.52 Å². The van der Waals surface area contributed by atoms with Crippen LogP contribution in [0.15, 0.2) is 18.5 Å². The van der Waals surface area contributed by atoms with Crippen molar-refractivity contribution in [2.75, 3.05) is 0 Å². The van der Waals surface area contributed by atoms with Crippen molar-refractivity contribution in [2.24, 2.45) is 0 Å². The smallest absolute Gasteiger partial charge is 0.153 e. The number of rotatable bonds is 0. The first kappa shape index (κ1) is 7.62. The lowest BCUT2D eigenvalue weighted by Crippen LogP contribution is -1.88. The predicted molar refractivity (Wildman–Crippen MR) is 49.7 cm³/mol. The molecule has 0 N–H and O–H groups in total. The van der Waals surface area contributed by atoms with Crippen LogP contribution < -0.4 is 0 Å². The van der Waals surface area contributed by atoms with E-state index in [1.807, 2.05) is 17.5 Å². The fourth-order valence-corrected chi connectivity index (χ4v) is 1.79. The molecule has 0 radical (unpaired) electrons. The lowest BCUT2D eigenvalue weighted by molar-refractivity contribution is 1.08. The Morgan fingerprint density at radius 1 is 1.42 bits per heavy atom. The van der Waals surface area contributed by atoms with E-state index in [1.165, 1.54) is 11.3 Å². The molecule has 0 amide bonds. The lowest BCUT2D eigenvalue weighted by atomic mass is 10.3. The summed E-state index contributed by atoms with van der Waals surface area (Å²) in [5.74, 6) is 0. The molecular formula is C9H9ClN2. The summed E-state index contributed by atoms with van der Waals surface area (Å²) < 4.78 is 2.05. The molecule has 0 atom stereocenters. The molecule has 2 aromatic heterocycles. The minimum absolute atomic E-state index is 0.572. The quantitative estimate of drug-likeness (QED) is 0.609. The molecule has 2 nitrogen and oxygen atoms in total. The number of hydrogen-bond acceptors (Lipinski definition) is 1. The number of halogens is 1. The molecule has 0 spiro atoms. The van der Waals surface area contributed by atoms with Gasteiger partial charge in [0.15, 0.2) is 5.15 Å². The first-order valence-electron chi connectivity index (χ1n) is 3.79. The summed E-state index contributed by atoms with van der Waals surface area (Å²) in [6.07, 6.45) is 3.63. The van der Waals surface area contributed by atoms with Gasteiger partial charge in [-0.05, 0) is 25.5 Å². The molecule has 0 fully saturated rings. The van der Waals surface area contributed by atoms with E-state index in [-0.39, 0.29) is 0 Å². The fourth-order valence-electron chi connectivity index (χ4n) is 1.50. The topological polar surface area (TPSA) is 17.3 Å².